The standard InChI is InChI=1S/C27H24BrClN2O3/c1-13-20(10-9-19(28)24(13)29)30-25(32)21(11-14-5-3-2-4-6-14)31-26(33)22-15-7-8-16(18-12-17(15)18)23(22)27(31)34/h2-10,15-18,21-23H,11-12H2,1H3,(H,30,32)/t15-,16-,17-,18+,21+,22+,23-/m1/s1. The number of carbonyl (C=O) groups excluding carboxylic acids is 3. The third-order valence-electron chi connectivity index (χ3n) is 8.18. The van der Waals surface area contributed by atoms with Crippen molar-refractivity contribution < 1.29 is 14.4 Å². The highest BCUT2D eigenvalue weighted by Gasteiger charge is 2.67. The highest BCUT2D eigenvalue weighted by Crippen LogP contribution is 2.65. The second kappa shape index (κ2) is 8.06. The SMILES string of the molecule is Cc1c(NC(=O)[C@H](Cc2ccccc2)N2C(=O)[C@@H]3[C@@H]4C=C[C@H]([C@H]5C[C@@H]45)[C@@H]3C2=O)ccc(Br)c1Cl. The first-order valence-electron chi connectivity index (χ1n) is 11.7. The van der Waals surface area contributed by atoms with Gasteiger partial charge in [0.05, 0.1) is 16.9 Å². The number of nitrogens with zero attached hydrogens (tertiary/aromatic N) is 1. The summed E-state index contributed by atoms with van der Waals surface area (Å²) >= 11 is 9.77. The lowest BCUT2D eigenvalue weighted by Crippen LogP contribution is -2.49. The fourth-order valence-corrected chi connectivity index (χ4v) is 7.02. The van der Waals surface area contributed by atoms with Gasteiger partial charge >= 0.3 is 0 Å². The number of anilines is 1. The van der Waals surface area contributed by atoms with Gasteiger partial charge in [0.2, 0.25) is 17.7 Å². The van der Waals surface area contributed by atoms with E-state index in [1.165, 1.54) is 4.90 Å². The van der Waals surface area contributed by atoms with Crippen LogP contribution >= 0.6 is 27.5 Å². The highest BCUT2D eigenvalue weighted by atomic mass is 79.9. The number of imide groups is 1. The number of hydrogen-bond donors (Lipinski definition) is 1. The van der Waals surface area contributed by atoms with Crippen LogP contribution in [-0.4, -0.2) is 28.7 Å². The fraction of sp³-hybridized carbons (Fsp3) is 0.370. The quantitative estimate of drug-likeness (QED) is 0.429. The first kappa shape index (κ1) is 22.1. The second-order valence-corrected chi connectivity index (χ2v) is 11.2. The Kier molecular flexibility index (Phi) is 5.23. The van der Waals surface area contributed by atoms with Gasteiger partial charge in [-0.15, -0.1) is 0 Å². The molecule has 1 heterocycles. The zero-order valence-corrected chi connectivity index (χ0v) is 20.9. The Hall–Kier alpha value is -2.44. The molecule has 3 fully saturated rings. The van der Waals surface area contributed by atoms with Crippen molar-refractivity contribution in [1.29, 1.82) is 0 Å². The largest absolute Gasteiger partial charge is 0.324 e. The fourth-order valence-electron chi connectivity index (χ4n) is 6.43. The van der Waals surface area contributed by atoms with Crippen LogP contribution in [0, 0.1) is 42.4 Å². The molecule has 34 heavy (non-hydrogen) atoms. The van der Waals surface area contributed by atoms with Gasteiger partial charge in [-0.25, -0.2) is 0 Å². The van der Waals surface area contributed by atoms with Crippen molar-refractivity contribution >= 4 is 50.9 Å². The molecule has 2 aromatic carbocycles. The van der Waals surface area contributed by atoms with Crippen molar-refractivity contribution in [3.63, 3.8) is 0 Å². The van der Waals surface area contributed by atoms with E-state index in [-0.39, 0.29) is 47.8 Å². The van der Waals surface area contributed by atoms with E-state index in [0.717, 1.165) is 22.0 Å². The number of likely N-dealkylation sites (tertiary alicyclic amines) is 1. The number of benzene rings is 2. The van der Waals surface area contributed by atoms with Gasteiger partial charge in [-0.1, -0.05) is 54.1 Å². The van der Waals surface area contributed by atoms with E-state index < -0.39 is 6.04 Å². The number of carbonyl (C=O) groups is 3. The predicted molar refractivity (Wildman–Crippen MR) is 133 cm³/mol. The monoisotopic (exact) mass is 538 g/mol. The molecule has 3 amide bonds. The van der Waals surface area contributed by atoms with E-state index in [1.54, 1.807) is 12.1 Å². The molecule has 0 spiro atoms. The number of halogens is 2. The summed E-state index contributed by atoms with van der Waals surface area (Å²) in [5.74, 6) is -0.158. The molecule has 1 aliphatic heterocycles. The van der Waals surface area contributed by atoms with Crippen molar-refractivity contribution in [2.24, 2.45) is 35.5 Å². The van der Waals surface area contributed by atoms with Crippen molar-refractivity contribution in [3.8, 4) is 0 Å². The number of rotatable bonds is 5. The molecule has 0 radical (unpaired) electrons. The second-order valence-electron chi connectivity index (χ2n) is 9.93. The minimum Gasteiger partial charge on any atom is -0.324 e. The lowest BCUT2D eigenvalue weighted by atomic mass is 9.63. The molecule has 0 unspecified atom stereocenters. The maximum Gasteiger partial charge on any atom is 0.248 e. The highest BCUT2D eigenvalue weighted by molar-refractivity contribution is 9.10. The van der Waals surface area contributed by atoms with E-state index in [0.29, 0.717) is 22.5 Å². The molecule has 0 aromatic heterocycles. The van der Waals surface area contributed by atoms with Gasteiger partial charge in [-0.2, -0.15) is 0 Å². The summed E-state index contributed by atoms with van der Waals surface area (Å²) in [7, 11) is 0. The Labute approximate surface area is 211 Å². The van der Waals surface area contributed by atoms with Crippen LogP contribution in [0.1, 0.15) is 17.5 Å². The number of allylic oxidation sites excluding steroid dienone is 2. The average molecular weight is 540 g/mol. The van der Waals surface area contributed by atoms with Gasteiger partial charge in [-0.05, 0) is 76.2 Å². The molecular formula is C27H24BrClN2O3. The molecule has 5 aliphatic rings. The Morgan fingerprint density at radius 2 is 1.68 bits per heavy atom. The molecule has 4 aliphatic carbocycles. The summed E-state index contributed by atoms with van der Waals surface area (Å²) in [6.07, 6.45) is 5.66. The van der Waals surface area contributed by atoms with Crippen molar-refractivity contribution in [3.05, 3.63) is 75.2 Å². The van der Waals surface area contributed by atoms with Gasteiger partial charge in [0, 0.05) is 16.6 Å². The molecule has 1 saturated heterocycles. The summed E-state index contributed by atoms with van der Waals surface area (Å²) in [6.45, 7) is 1.82. The van der Waals surface area contributed by atoms with Gasteiger partial charge in [-0.3, -0.25) is 19.3 Å². The molecule has 2 saturated carbocycles. The van der Waals surface area contributed by atoms with Gasteiger partial charge in [0.15, 0.2) is 0 Å². The van der Waals surface area contributed by atoms with Crippen molar-refractivity contribution in [2.45, 2.75) is 25.8 Å². The smallest absolute Gasteiger partial charge is 0.248 e. The third-order valence-corrected chi connectivity index (χ3v) is 9.56. The van der Waals surface area contributed by atoms with Crippen LogP contribution in [0.15, 0.2) is 59.1 Å². The zero-order chi connectivity index (χ0) is 23.7. The minimum atomic E-state index is -0.925. The lowest BCUT2D eigenvalue weighted by Gasteiger charge is -2.37. The van der Waals surface area contributed by atoms with Crippen molar-refractivity contribution in [2.75, 3.05) is 5.32 Å². The predicted octanol–water partition coefficient (Wildman–Crippen LogP) is 5.01. The minimum absolute atomic E-state index is 0.120. The zero-order valence-electron chi connectivity index (χ0n) is 18.6. The number of amides is 3. The van der Waals surface area contributed by atoms with Crippen LogP contribution < -0.4 is 5.32 Å². The summed E-state index contributed by atoms with van der Waals surface area (Å²) < 4.78 is 0.737. The maximum absolute atomic E-state index is 13.7. The average Bonchev–Trinajstić information content (AvgIpc) is 3.62. The summed E-state index contributed by atoms with van der Waals surface area (Å²) in [4.78, 5) is 42.4. The molecule has 7 heteroatoms. The Balaban J connectivity index is 1.34. The molecule has 5 nitrogen and oxygen atoms in total. The lowest BCUT2D eigenvalue weighted by molar-refractivity contribution is -0.146. The first-order chi connectivity index (χ1) is 16.4. The van der Waals surface area contributed by atoms with Crippen LogP contribution in [0.5, 0.6) is 0 Å². The van der Waals surface area contributed by atoms with E-state index in [1.807, 2.05) is 37.3 Å². The summed E-state index contributed by atoms with van der Waals surface area (Å²) in [6, 6.07) is 12.2. The Bertz CT molecular complexity index is 1210. The maximum atomic E-state index is 13.7. The molecule has 1 N–H and O–H groups in total. The summed E-state index contributed by atoms with van der Waals surface area (Å²) in [5.41, 5.74) is 2.18. The van der Waals surface area contributed by atoms with E-state index in [4.69, 9.17) is 11.6 Å². The molecule has 7 rings (SSSR count). The number of nitrogens with one attached hydrogen (secondary N) is 1. The van der Waals surface area contributed by atoms with E-state index in [9.17, 15) is 14.4 Å². The van der Waals surface area contributed by atoms with Crippen LogP contribution in [0.4, 0.5) is 5.69 Å². The molecule has 174 valence electrons. The molecule has 2 bridgehead atoms. The van der Waals surface area contributed by atoms with Crippen molar-refractivity contribution in [1.82, 2.24) is 4.90 Å². The molecular weight excluding hydrogens is 516 g/mol. The van der Waals surface area contributed by atoms with Crippen LogP contribution in [-0.2, 0) is 20.8 Å². The van der Waals surface area contributed by atoms with Crippen LogP contribution in [0.3, 0.4) is 0 Å². The van der Waals surface area contributed by atoms with Crippen LogP contribution in [0.2, 0.25) is 5.02 Å². The van der Waals surface area contributed by atoms with Gasteiger partial charge in [0.1, 0.15) is 6.04 Å². The van der Waals surface area contributed by atoms with Crippen LogP contribution in [0.25, 0.3) is 0 Å². The topological polar surface area (TPSA) is 66.5 Å². The normalized spacial score (nSPS) is 31.3. The van der Waals surface area contributed by atoms with E-state index in [2.05, 4.69) is 33.4 Å². The van der Waals surface area contributed by atoms with Gasteiger partial charge in [0.25, 0.3) is 0 Å². The molecule has 7 atom stereocenters. The number of hydrogen-bond acceptors (Lipinski definition) is 3. The summed E-state index contributed by atoms with van der Waals surface area (Å²) in [5, 5.41) is 3.46. The Morgan fingerprint density at radius 1 is 1.06 bits per heavy atom. The first-order valence-corrected chi connectivity index (χ1v) is 12.9. The van der Waals surface area contributed by atoms with Gasteiger partial charge < -0.3 is 5.32 Å². The molecule has 2 aromatic rings. The third kappa shape index (κ3) is 3.29. The Morgan fingerprint density at radius 3 is 2.29 bits per heavy atom. The van der Waals surface area contributed by atoms with E-state index >= 15 is 0 Å².